The van der Waals surface area contributed by atoms with Gasteiger partial charge < -0.3 is 15.2 Å². The lowest BCUT2D eigenvalue weighted by Crippen LogP contribution is -2.44. The van der Waals surface area contributed by atoms with E-state index in [1.165, 1.54) is 0 Å². The van der Waals surface area contributed by atoms with Crippen LogP contribution in [0.2, 0.25) is 0 Å². The lowest BCUT2D eigenvalue weighted by Gasteiger charge is -2.29. The van der Waals surface area contributed by atoms with Crippen molar-refractivity contribution < 1.29 is 9.84 Å². The van der Waals surface area contributed by atoms with Crippen molar-refractivity contribution in [2.75, 3.05) is 39.8 Å². The van der Waals surface area contributed by atoms with E-state index in [9.17, 15) is 5.11 Å². The average Bonchev–Trinajstić information content (AvgIpc) is 2.40. The van der Waals surface area contributed by atoms with Crippen LogP contribution in [0.5, 0.6) is 5.75 Å². The Labute approximate surface area is 102 Å². The summed E-state index contributed by atoms with van der Waals surface area (Å²) >= 11 is 0. The fourth-order valence-corrected chi connectivity index (χ4v) is 2.07. The molecule has 1 aromatic rings. The second-order valence-corrected chi connectivity index (χ2v) is 4.34. The molecule has 0 amide bonds. The number of nitrogens with one attached hydrogen (secondary N) is 1. The Balaban J connectivity index is 1.91. The lowest BCUT2D eigenvalue weighted by molar-refractivity contribution is 0.105. The number of ether oxygens (including phenoxy) is 1. The Morgan fingerprint density at radius 1 is 1.29 bits per heavy atom. The average molecular weight is 236 g/mol. The van der Waals surface area contributed by atoms with Gasteiger partial charge in [0.15, 0.2) is 0 Å². The van der Waals surface area contributed by atoms with Gasteiger partial charge in [0.2, 0.25) is 0 Å². The van der Waals surface area contributed by atoms with Crippen LogP contribution in [-0.2, 0) is 0 Å². The van der Waals surface area contributed by atoms with Gasteiger partial charge in [-0.05, 0) is 17.7 Å². The van der Waals surface area contributed by atoms with Gasteiger partial charge >= 0.3 is 0 Å². The van der Waals surface area contributed by atoms with Gasteiger partial charge in [-0.25, -0.2) is 0 Å². The molecule has 1 heterocycles. The number of aliphatic hydroxyl groups is 1. The van der Waals surface area contributed by atoms with Gasteiger partial charge in [0.25, 0.3) is 0 Å². The first-order valence-electron chi connectivity index (χ1n) is 6.04. The number of β-amino-alcohol motifs (C(OH)–C–C–N with tert-alkyl or cyclic N) is 1. The van der Waals surface area contributed by atoms with Gasteiger partial charge in [-0.3, -0.25) is 4.90 Å². The van der Waals surface area contributed by atoms with E-state index < -0.39 is 6.10 Å². The summed E-state index contributed by atoms with van der Waals surface area (Å²) in [6.07, 6.45) is -0.418. The standard InChI is InChI=1S/C13H20N2O2/c1-17-12-4-2-11(3-5-12)13(16)10-15-8-6-14-7-9-15/h2-5,13-14,16H,6-10H2,1H3. The summed E-state index contributed by atoms with van der Waals surface area (Å²) in [7, 11) is 1.65. The molecule has 17 heavy (non-hydrogen) atoms. The summed E-state index contributed by atoms with van der Waals surface area (Å²) in [5.41, 5.74) is 0.948. The number of hydrogen-bond acceptors (Lipinski definition) is 4. The van der Waals surface area contributed by atoms with Crippen molar-refractivity contribution in [1.82, 2.24) is 10.2 Å². The third-order valence-corrected chi connectivity index (χ3v) is 3.14. The molecule has 1 aromatic carbocycles. The van der Waals surface area contributed by atoms with Crippen LogP contribution in [0.25, 0.3) is 0 Å². The molecule has 0 saturated carbocycles. The molecule has 1 aliphatic heterocycles. The van der Waals surface area contributed by atoms with Crippen LogP contribution in [-0.4, -0.2) is 49.8 Å². The summed E-state index contributed by atoms with van der Waals surface area (Å²) in [6.45, 7) is 4.74. The maximum Gasteiger partial charge on any atom is 0.118 e. The van der Waals surface area contributed by atoms with Gasteiger partial charge in [-0.2, -0.15) is 0 Å². The summed E-state index contributed by atoms with van der Waals surface area (Å²) < 4.78 is 5.10. The summed E-state index contributed by atoms with van der Waals surface area (Å²) in [5, 5.41) is 13.4. The quantitative estimate of drug-likeness (QED) is 0.805. The Morgan fingerprint density at radius 2 is 1.94 bits per heavy atom. The molecule has 0 aromatic heterocycles. The molecule has 4 nitrogen and oxygen atoms in total. The highest BCUT2D eigenvalue weighted by Crippen LogP contribution is 2.18. The lowest BCUT2D eigenvalue weighted by atomic mass is 10.1. The van der Waals surface area contributed by atoms with E-state index in [1.807, 2.05) is 24.3 Å². The molecule has 0 bridgehead atoms. The molecule has 94 valence electrons. The summed E-state index contributed by atoms with van der Waals surface area (Å²) in [5.74, 6) is 0.822. The van der Waals surface area contributed by atoms with Crippen molar-refractivity contribution >= 4 is 0 Å². The number of aliphatic hydroxyl groups excluding tert-OH is 1. The van der Waals surface area contributed by atoms with Crippen molar-refractivity contribution in [2.45, 2.75) is 6.10 Å². The molecule has 1 fully saturated rings. The maximum atomic E-state index is 10.1. The summed E-state index contributed by atoms with van der Waals surface area (Å²) in [6, 6.07) is 7.62. The Bertz CT molecular complexity index is 334. The third-order valence-electron chi connectivity index (χ3n) is 3.14. The highest BCUT2D eigenvalue weighted by Gasteiger charge is 2.15. The van der Waals surface area contributed by atoms with Crippen molar-refractivity contribution in [3.05, 3.63) is 29.8 Å². The van der Waals surface area contributed by atoms with E-state index >= 15 is 0 Å². The summed E-state index contributed by atoms with van der Waals surface area (Å²) in [4.78, 5) is 2.28. The van der Waals surface area contributed by atoms with Crippen LogP contribution < -0.4 is 10.1 Å². The topological polar surface area (TPSA) is 44.7 Å². The molecular weight excluding hydrogens is 216 g/mol. The van der Waals surface area contributed by atoms with Crippen molar-refractivity contribution in [1.29, 1.82) is 0 Å². The van der Waals surface area contributed by atoms with E-state index in [4.69, 9.17) is 4.74 Å². The molecule has 0 spiro atoms. The van der Waals surface area contributed by atoms with Crippen LogP contribution in [0.4, 0.5) is 0 Å². The van der Waals surface area contributed by atoms with Gasteiger partial charge in [0.1, 0.15) is 5.75 Å². The molecule has 1 saturated heterocycles. The molecule has 1 atom stereocenters. The number of methoxy groups -OCH3 is 1. The van der Waals surface area contributed by atoms with Crippen molar-refractivity contribution in [3.63, 3.8) is 0 Å². The number of piperazine rings is 1. The molecule has 2 N–H and O–H groups in total. The van der Waals surface area contributed by atoms with Gasteiger partial charge in [0.05, 0.1) is 13.2 Å². The maximum absolute atomic E-state index is 10.1. The molecular formula is C13H20N2O2. The zero-order valence-corrected chi connectivity index (χ0v) is 10.2. The predicted molar refractivity (Wildman–Crippen MR) is 67.3 cm³/mol. The molecule has 1 aliphatic rings. The van der Waals surface area contributed by atoms with Crippen LogP contribution in [0, 0.1) is 0 Å². The number of benzene rings is 1. The van der Waals surface area contributed by atoms with E-state index in [0.717, 1.165) is 37.5 Å². The van der Waals surface area contributed by atoms with Gasteiger partial charge in [-0.15, -0.1) is 0 Å². The van der Waals surface area contributed by atoms with Crippen LogP contribution in [0.1, 0.15) is 11.7 Å². The molecule has 0 radical (unpaired) electrons. The highest BCUT2D eigenvalue weighted by molar-refractivity contribution is 5.28. The monoisotopic (exact) mass is 236 g/mol. The van der Waals surface area contributed by atoms with Crippen LogP contribution in [0.3, 0.4) is 0 Å². The second-order valence-electron chi connectivity index (χ2n) is 4.34. The first-order chi connectivity index (χ1) is 8.29. The SMILES string of the molecule is COc1ccc(C(O)CN2CCNCC2)cc1. The van der Waals surface area contributed by atoms with Crippen molar-refractivity contribution in [3.8, 4) is 5.75 Å². The van der Waals surface area contributed by atoms with E-state index in [1.54, 1.807) is 7.11 Å². The number of rotatable bonds is 4. The minimum Gasteiger partial charge on any atom is -0.497 e. The third kappa shape index (κ3) is 3.43. The fraction of sp³-hybridized carbons (Fsp3) is 0.538. The van der Waals surface area contributed by atoms with E-state index in [-0.39, 0.29) is 0 Å². The number of hydrogen-bond donors (Lipinski definition) is 2. The van der Waals surface area contributed by atoms with Crippen molar-refractivity contribution in [2.24, 2.45) is 0 Å². The van der Waals surface area contributed by atoms with Crippen LogP contribution >= 0.6 is 0 Å². The zero-order valence-electron chi connectivity index (χ0n) is 10.2. The minimum atomic E-state index is -0.418. The second kappa shape index (κ2) is 6.00. The van der Waals surface area contributed by atoms with Crippen LogP contribution in [0.15, 0.2) is 24.3 Å². The highest BCUT2D eigenvalue weighted by atomic mass is 16.5. The first-order valence-corrected chi connectivity index (χ1v) is 6.04. The minimum absolute atomic E-state index is 0.418. The molecule has 1 unspecified atom stereocenters. The fourth-order valence-electron chi connectivity index (χ4n) is 2.07. The molecule has 2 rings (SSSR count). The molecule has 4 heteroatoms. The largest absolute Gasteiger partial charge is 0.497 e. The van der Waals surface area contributed by atoms with E-state index in [2.05, 4.69) is 10.2 Å². The molecule has 0 aliphatic carbocycles. The first kappa shape index (κ1) is 12.4. The number of nitrogens with zero attached hydrogens (tertiary/aromatic N) is 1. The Morgan fingerprint density at radius 3 is 2.53 bits per heavy atom. The Hall–Kier alpha value is -1.10. The van der Waals surface area contributed by atoms with Gasteiger partial charge in [0, 0.05) is 32.7 Å². The normalized spacial score (nSPS) is 18.9. The Kier molecular flexibility index (Phi) is 4.36. The van der Waals surface area contributed by atoms with E-state index in [0.29, 0.717) is 6.54 Å². The zero-order chi connectivity index (χ0) is 12.1. The van der Waals surface area contributed by atoms with Gasteiger partial charge in [-0.1, -0.05) is 12.1 Å². The predicted octanol–water partition coefficient (Wildman–Crippen LogP) is 0.634. The smallest absolute Gasteiger partial charge is 0.118 e.